The number of nitrogens with one attached hydrogen (secondary N) is 1. The molecule has 1 aliphatic heterocycles. The van der Waals surface area contributed by atoms with Crippen molar-refractivity contribution < 1.29 is 14.3 Å². The molecular formula is C22H22ClN3O3. The summed E-state index contributed by atoms with van der Waals surface area (Å²) < 4.78 is 13.0. The lowest BCUT2D eigenvalue weighted by molar-refractivity contribution is 0.0679. The molecule has 150 valence electrons. The lowest BCUT2D eigenvalue weighted by atomic mass is 10.2. The summed E-state index contributed by atoms with van der Waals surface area (Å²) in [5, 5.41) is 7.85. The number of nitrogens with zero attached hydrogens (tertiary/aromatic N) is 2. The van der Waals surface area contributed by atoms with E-state index in [-0.39, 0.29) is 12.0 Å². The normalized spacial score (nSPS) is 16.0. The van der Waals surface area contributed by atoms with Crippen molar-refractivity contribution in [2.24, 2.45) is 0 Å². The maximum absolute atomic E-state index is 12.6. The fraction of sp³-hybridized carbons (Fsp3) is 0.273. The zero-order valence-corrected chi connectivity index (χ0v) is 16.6. The summed E-state index contributed by atoms with van der Waals surface area (Å²) in [6, 6.07) is 16.4. The highest BCUT2D eigenvalue weighted by molar-refractivity contribution is 6.31. The van der Waals surface area contributed by atoms with Crippen LogP contribution in [0, 0.1) is 0 Å². The molecule has 0 radical (unpaired) electrons. The lowest BCUT2D eigenvalue weighted by Crippen LogP contribution is -2.17. The molecule has 29 heavy (non-hydrogen) atoms. The Labute approximate surface area is 174 Å². The third-order valence-electron chi connectivity index (χ3n) is 4.81. The number of amides is 1. The zero-order valence-electron chi connectivity index (χ0n) is 15.9. The molecule has 6 nitrogen and oxygen atoms in total. The van der Waals surface area contributed by atoms with Crippen LogP contribution in [0.25, 0.3) is 0 Å². The van der Waals surface area contributed by atoms with Crippen LogP contribution < -0.4 is 10.1 Å². The zero-order chi connectivity index (χ0) is 20.1. The van der Waals surface area contributed by atoms with Crippen LogP contribution >= 0.6 is 11.6 Å². The van der Waals surface area contributed by atoms with E-state index in [9.17, 15) is 4.79 Å². The van der Waals surface area contributed by atoms with Crippen molar-refractivity contribution in [1.29, 1.82) is 0 Å². The van der Waals surface area contributed by atoms with Crippen LogP contribution in [0.15, 0.2) is 60.8 Å². The number of hydrogen-bond acceptors (Lipinski definition) is 4. The summed E-state index contributed by atoms with van der Waals surface area (Å²) >= 11 is 6.23. The van der Waals surface area contributed by atoms with Gasteiger partial charge in [0.05, 0.1) is 18.8 Å². The first kappa shape index (κ1) is 19.5. The second-order valence-electron chi connectivity index (χ2n) is 6.89. The van der Waals surface area contributed by atoms with Crippen molar-refractivity contribution in [3.8, 4) is 5.75 Å². The number of aromatic nitrogens is 2. The number of hydrogen-bond donors (Lipinski definition) is 1. The molecule has 1 fully saturated rings. The van der Waals surface area contributed by atoms with Gasteiger partial charge in [-0.15, -0.1) is 0 Å². The molecule has 1 saturated heterocycles. The first-order valence-electron chi connectivity index (χ1n) is 9.60. The number of benzene rings is 2. The molecule has 7 heteroatoms. The van der Waals surface area contributed by atoms with Crippen LogP contribution in [-0.4, -0.2) is 35.0 Å². The smallest absolute Gasteiger partial charge is 0.256 e. The Hall–Kier alpha value is -2.83. The van der Waals surface area contributed by atoms with Gasteiger partial charge in [-0.3, -0.25) is 4.79 Å². The quantitative estimate of drug-likeness (QED) is 0.626. The number of rotatable bonds is 7. The second-order valence-corrected chi connectivity index (χ2v) is 7.30. The molecule has 0 bridgehead atoms. The van der Waals surface area contributed by atoms with Crippen molar-refractivity contribution in [1.82, 2.24) is 9.78 Å². The largest absolute Gasteiger partial charge is 0.491 e. The molecular weight excluding hydrogens is 390 g/mol. The van der Waals surface area contributed by atoms with E-state index >= 15 is 0 Å². The molecule has 1 atom stereocenters. The van der Waals surface area contributed by atoms with Gasteiger partial charge >= 0.3 is 0 Å². The average Bonchev–Trinajstić information content (AvgIpc) is 3.41. The highest BCUT2D eigenvalue weighted by atomic mass is 35.5. The number of halogens is 1. The predicted octanol–water partition coefficient (Wildman–Crippen LogP) is 4.39. The first-order chi connectivity index (χ1) is 14.2. The van der Waals surface area contributed by atoms with E-state index in [4.69, 9.17) is 21.1 Å². The van der Waals surface area contributed by atoms with Crippen molar-refractivity contribution in [3.63, 3.8) is 0 Å². The van der Waals surface area contributed by atoms with Crippen LogP contribution in [0.4, 0.5) is 5.82 Å². The lowest BCUT2D eigenvalue weighted by Gasteiger charge is -2.12. The SMILES string of the molecule is O=C(Nc1ccnn1Cc1ccccc1Cl)c1ccc(OCC2CCCO2)cc1. The van der Waals surface area contributed by atoms with E-state index < -0.39 is 0 Å². The molecule has 1 aliphatic rings. The van der Waals surface area contributed by atoms with Crippen LogP contribution in [-0.2, 0) is 11.3 Å². The second kappa shape index (κ2) is 9.11. The highest BCUT2D eigenvalue weighted by Gasteiger charge is 2.16. The minimum atomic E-state index is -0.211. The molecule has 1 aromatic heterocycles. The van der Waals surface area contributed by atoms with Crippen LogP contribution in [0.2, 0.25) is 5.02 Å². The molecule has 1 N–H and O–H groups in total. The summed E-state index contributed by atoms with van der Waals surface area (Å²) in [4.78, 5) is 12.6. The van der Waals surface area contributed by atoms with Crippen molar-refractivity contribution in [2.45, 2.75) is 25.5 Å². The van der Waals surface area contributed by atoms with Crippen LogP contribution in [0.1, 0.15) is 28.8 Å². The Balaban J connectivity index is 1.37. The topological polar surface area (TPSA) is 65.4 Å². The highest BCUT2D eigenvalue weighted by Crippen LogP contribution is 2.20. The standard InChI is InChI=1S/C22H22ClN3O3/c23-20-6-2-1-4-17(20)14-26-21(11-12-24-26)25-22(27)16-7-9-18(10-8-16)29-15-19-5-3-13-28-19/h1-2,4,6-12,19H,3,5,13-15H2,(H,25,27). The minimum Gasteiger partial charge on any atom is -0.491 e. The maximum Gasteiger partial charge on any atom is 0.256 e. The van der Waals surface area contributed by atoms with E-state index in [2.05, 4.69) is 10.4 Å². The molecule has 0 spiro atoms. The van der Waals surface area contributed by atoms with E-state index in [1.165, 1.54) is 0 Å². The van der Waals surface area contributed by atoms with Gasteiger partial charge in [0.25, 0.3) is 5.91 Å². The van der Waals surface area contributed by atoms with Gasteiger partial charge in [0, 0.05) is 23.3 Å². The molecule has 1 unspecified atom stereocenters. The molecule has 2 aromatic carbocycles. The Morgan fingerprint density at radius 1 is 1.21 bits per heavy atom. The predicted molar refractivity (Wildman–Crippen MR) is 112 cm³/mol. The molecule has 0 saturated carbocycles. The summed E-state index contributed by atoms with van der Waals surface area (Å²) in [5.41, 5.74) is 1.47. The number of carbonyl (C=O) groups is 1. The van der Waals surface area contributed by atoms with Gasteiger partial charge in [0.15, 0.2) is 0 Å². The summed E-state index contributed by atoms with van der Waals surface area (Å²) in [6.07, 6.45) is 3.92. The van der Waals surface area contributed by atoms with Crippen LogP contribution in [0.5, 0.6) is 5.75 Å². The van der Waals surface area contributed by atoms with E-state index in [0.717, 1.165) is 30.8 Å². The van der Waals surface area contributed by atoms with Gasteiger partial charge in [-0.05, 0) is 48.7 Å². The van der Waals surface area contributed by atoms with Gasteiger partial charge in [-0.25, -0.2) is 4.68 Å². The molecule has 1 amide bonds. The van der Waals surface area contributed by atoms with Crippen molar-refractivity contribution >= 4 is 23.3 Å². The van der Waals surface area contributed by atoms with E-state index in [1.54, 1.807) is 41.2 Å². The van der Waals surface area contributed by atoms with Gasteiger partial charge in [0.2, 0.25) is 0 Å². The summed E-state index contributed by atoms with van der Waals surface area (Å²) in [6.45, 7) is 1.81. The average molecular weight is 412 g/mol. The number of anilines is 1. The number of ether oxygens (including phenoxy) is 2. The van der Waals surface area contributed by atoms with Gasteiger partial charge in [-0.2, -0.15) is 5.10 Å². The fourth-order valence-corrected chi connectivity index (χ4v) is 3.40. The Kier molecular flexibility index (Phi) is 6.12. The fourth-order valence-electron chi connectivity index (χ4n) is 3.21. The van der Waals surface area contributed by atoms with Gasteiger partial charge in [-0.1, -0.05) is 29.8 Å². The molecule has 4 rings (SSSR count). The molecule has 0 aliphatic carbocycles. The Bertz CT molecular complexity index is 965. The van der Waals surface area contributed by atoms with Gasteiger partial charge in [0.1, 0.15) is 18.2 Å². The monoisotopic (exact) mass is 411 g/mol. The summed E-state index contributed by atoms with van der Waals surface area (Å²) in [5.74, 6) is 1.12. The van der Waals surface area contributed by atoms with Crippen LogP contribution in [0.3, 0.4) is 0 Å². The Morgan fingerprint density at radius 2 is 2.03 bits per heavy atom. The molecule has 2 heterocycles. The van der Waals surface area contributed by atoms with Gasteiger partial charge < -0.3 is 14.8 Å². The Morgan fingerprint density at radius 3 is 2.79 bits per heavy atom. The number of carbonyl (C=O) groups excluding carboxylic acids is 1. The first-order valence-corrected chi connectivity index (χ1v) is 9.98. The maximum atomic E-state index is 12.6. The minimum absolute atomic E-state index is 0.163. The van der Waals surface area contributed by atoms with Crippen molar-refractivity contribution in [3.05, 3.63) is 76.9 Å². The van der Waals surface area contributed by atoms with E-state index in [1.807, 2.05) is 24.3 Å². The van der Waals surface area contributed by atoms with Crippen molar-refractivity contribution in [2.75, 3.05) is 18.5 Å². The molecule has 3 aromatic rings. The third kappa shape index (κ3) is 4.96. The van der Waals surface area contributed by atoms with E-state index in [0.29, 0.717) is 29.6 Å². The third-order valence-corrected chi connectivity index (χ3v) is 5.18. The summed E-state index contributed by atoms with van der Waals surface area (Å²) in [7, 11) is 0.